The van der Waals surface area contributed by atoms with Crippen LogP contribution in [-0.2, 0) is 13.1 Å². The molecule has 1 aliphatic rings. The lowest BCUT2D eigenvalue weighted by Crippen LogP contribution is -2.38. The van der Waals surface area contributed by atoms with Gasteiger partial charge in [-0.15, -0.1) is 0 Å². The lowest BCUT2D eigenvalue weighted by molar-refractivity contribution is 0.174. The van der Waals surface area contributed by atoms with Crippen LogP contribution in [0.3, 0.4) is 0 Å². The number of benzene rings is 2. The van der Waals surface area contributed by atoms with E-state index in [-0.39, 0.29) is 0 Å². The second kappa shape index (κ2) is 6.29. The molecule has 24 heavy (non-hydrogen) atoms. The highest BCUT2D eigenvalue weighted by atomic mass is 15.2. The molecule has 0 amide bonds. The molecular weight excluding hydrogens is 292 g/mol. The van der Waals surface area contributed by atoms with E-state index in [1.165, 1.54) is 27.9 Å². The van der Waals surface area contributed by atoms with Crippen molar-refractivity contribution in [1.29, 1.82) is 0 Å². The average Bonchev–Trinajstić information content (AvgIpc) is 3.07. The molecule has 0 spiro atoms. The molecule has 1 atom stereocenters. The summed E-state index contributed by atoms with van der Waals surface area (Å²) in [6.07, 6.45) is 2.21. The molecule has 0 saturated heterocycles. The van der Waals surface area contributed by atoms with Crippen molar-refractivity contribution in [3.05, 3.63) is 94.8 Å². The van der Waals surface area contributed by atoms with Crippen LogP contribution in [0.5, 0.6) is 0 Å². The molecule has 2 nitrogen and oxygen atoms in total. The summed E-state index contributed by atoms with van der Waals surface area (Å²) in [7, 11) is 0. The van der Waals surface area contributed by atoms with Crippen molar-refractivity contribution in [3.8, 4) is 0 Å². The minimum atomic E-state index is 0.329. The highest BCUT2D eigenvalue weighted by Crippen LogP contribution is 2.33. The Bertz CT molecular complexity index is 832. The predicted octanol–water partition coefficient (Wildman–Crippen LogP) is 4.71. The zero-order valence-electron chi connectivity index (χ0n) is 14.4. The fraction of sp³-hybridized carbons (Fsp3) is 0.273. The van der Waals surface area contributed by atoms with E-state index in [0.29, 0.717) is 6.04 Å². The van der Waals surface area contributed by atoms with Crippen molar-refractivity contribution in [3.63, 3.8) is 0 Å². The summed E-state index contributed by atoms with van der Waals surface area (Å²) in [6.45, 7) is 7.54. The van der Waals surface area contributed by atoms with Crippen LogP contribution in [0.1, 0.15) is 34.0 Å². The van der Waals surface area contributed by atoms with Crippen LogP contribution < -0.4 is 0 Å². The Hall–Kier alpha value is -2.32. The predicted molar refractivity (Wildman–Crippen MR) is 99.0 cm³/mol. The summed E-state index contributed by atoms with van der Waals surface area (Å²) in [6, 6.07) is 22.5. The van der Waals surface area contributed by atoms with E-state index in [1.54, 1.807) is 0 Å². The minimum Gasteiger partial charge on any atom is -0.348 e. The van der Waals surface area contributed by atoms with Crippen LogP contribution in [0.15, 0.2) is 66.9 Å². The second-order valence-electron chi connectivity index (χ2n) is 6.84. The molecule has 0 fully saturated rings. The normalized spacial score (nSPS) is 17.7. The van der Waals surface area contributed by atoms with E-state index < -0.39 is 0 Å². The van der Waals surface area contributed by atoms with Crippen LogP contribution in [0.25, 0.3) is 0 Å². The first-order chi connectivity index (χ1) is 11.7. The van der Waals surface area contributed by atoms with Gasteiger partial charge in [0.1, 0.15) is 0 Å². The van der Waals surface area contributed by atoms with E-state index in [4.69, 9.17) is 0 Å². The third-order valence-electron chi connectivity index (χ3n) is 5.13. The molecule has 1 unspecified atom stereocenters. The third kappa shape index (κ3) is 2.78. The summed E-state index contributed by atoms with van der Waals surface area (Å²) in [5.41, 5.74) is 6.94. The Labute approximate surface area is 144 Å². The number of aromatic nitrogens is 1. The van der Waals surface area contributed by atoms with Crippen molar-refractivity contribution < 1.29 is 0 Å². The summed E-state index contributed by atoms with van der Waals surface area (Å²) in [5.74, 6) is 0. The van der Waals surface area contributed by atoms with Crippen LogP contribution in [-0.4, -0.2) is 16.0 Å². The van der Waals surface area contributed by atoms with Gasteiger partial charge in [-0.2, -0.15) is 0 Å². The quantitative estimate of drug-likeness (QED) is 0.679. The topological polar surface area (TPSA) is 8.17 Å². The van der Waals surface area contributed by atoms with Crippen LogP contribution in [0.4, 0.5) is 0 Å². The van der Waals surface area contributed by atoms with E-state index >= 15 is 0 Å². The van der Waals surface area contributed by atoms with Gasteiger partial charge >= 0.3 is 0 Å². The lowest BCUT2D eigenvalue weighted by atomic mass is 9.98. The zero-order valence-corrected chi connectivity index (χ0v) is 14.4. The molecule has 4 rings (SSSR count). The Morgan fingerprint density at radius 2 is 1.75 bits per heavy atom. The molecular formula is C22H24N2. The van der Waals surface area contributed by atoms with Crippen molar-refractivity contribution in [2.75, 3.05) is 6.54 Å². The summed E-state index contributed by atoms with van der Waals surface area (Å²) < 4.78 is 2.40. The fourth-order valence-corrected chi connectivity index (χ4v) is 3.81. The summed E-state index contributed by atoms with van der Waals surface area (Å²) in [5, 5.41) is 0. The first-order valence-electron chi connectivity index (χ1n) is 8.72. The van der Waals surface area contributed by atoms with Crippen molar-refractivity contribution in [1.82, 2.24) is 9.47 Å². The monoisotopic (exact) mass is 316 g/mol. The Balaban J connectivity index is 1.73. The number of nitrogens with zero attached hydrogens (tertiary/aromatic N) is 2. The summed E-state index contributed by atoms with van der Waals surface area (Å²) in [4.78, 5) is 2.62. The number of hydrogen-bond donors (Lipinski definition) is 0. The molecule has 3 aromatic rings. The molecule has 122 valence electrons. The molecule has 0 bridgehead atoms. The Kier molecular flexibility index (Phi) is 3.99. The standard InChI is InChI=1S/C22H24N2/c1-17-10-11-18(2)20(15-17)16-24-14-13-23-12-6-9-21(23)22(24)19-7-4-3-5-8-19/h3-12,15,22H,13-14,16H2,1-2H3. The molecule has 1 aromatic heterocycles. The van der Waals surface area contributed by atoms with Gasteiger partial charge in [0, 0.05) is 31.5 Å². The lowest BCUT2D eigenvalue weighted by Gasteiger charge is -2.37. The SMILES string of the molecule is Cc1ccc(C)c(CN2CCn3cccc3C2c2ccccc2)c1. The average molecular weight is 316 g/mol. The number of hydrogen-bond acceptors (Lipinski definition) is 1. The first kappa shape index (κ1) is 15.2. The first-order valence-corrected chi connectivity index (χ1v) is 8.72. The highest BCUT2D eigenvalue weighted by molar-refractivity contribution is 5.33. The van der Waals surface area contributed by atoms with Gasteiger partial charge in [0.25, 0.3) is 0 Å². The van der Waals surface area contributed by atoms with Crippen LogP contribution >= 0.6 is 0 Å². The van der Waals surface area contributed by atoms with Crippen molar-refractivity contribution >= 4 is 0 Å². The van der Waals surface area contributed by atoms with E-state index in [0.717, 1.165) is 19.6 Å². The molecule has 0 saturated carbocycles. The van der Waals surface area contributed by atoms with Gasteiger partial charge in [-0.25, -0.2) is 0 Å². The Morgan fingerprint density at radius 1 is 0.917 bits per heavy atom. The number of aryl methyl sites for hydroxylation is 2. The van der Waals surface area contributed by atoms with Gasteiger partial charge in [-0.1, -0.05) is 54.1 Å². The third-order valence-corrected chi connectivity index (χ3v) is 5.13. The fourth-order valence-electron chi connectivity index (χ4n) is 3.81. The van der Waals surface area contributed by atoms with Gasteiger partial charge < -0.3 is 4.57 Å². The van der Waals surface area contributed by atoms with Gasteiger partial charge in [0.15, 0.2) is 0 Å². The molecule has 2 aromatic carbocycles. The van der Waals surface area contributed by atoms with Gasteiger partial charge in [-0.3, -0.25) is 4.90 Å². The molecule has 0 radical (unpaired) electrons. The maximum atomic E-state index is 2.62. The van der Waals surface area contributed by atoms with Crippen LogP contribution in [0, 0.1) is 13.8 Å². The summed E-state index contributed by atoms with van der Waals surface area (Å²) >= 11 is 0. The minimum absolute atomic E-state index is 0.329. The molecule has 1 aliphatic heterocycles. The van der Waals surface area contributed by atoms with Gasteiger partial charge in [0.2, 0.25) is 0 Å². The molecule has 0 N–H and O–H groups in total. The second-order valence-corrected chi connectivity index (χ2v) is 6.84. The van der Waals surface area contributed by atoms with Crippen molar-refractivity contribution in [2.24, 2.45) is 0 Å². The maximum Gasteiger partial charge on any atom is 0.0759 e. The smallest absolute Gasteiger partial charge is 0.0759 e. The highest BCUT2D eigenvalue weighted by Gasteiger charge is 2.28. The number of rotatable bonds is 3. The van der Waals surface area contributed by atoms with Crippen LogP contribution in [0.2, 0.25) is 0 Å². The zero-order chi connectivity index (χ0) is 16.5. The largest absolute Gasteiger partial charge is 0.348 e. The van der Waals surface area contributed by atoms with Crippen molar-refractivity contribution in [2.45, 2.75) is 33.0 Å². The van der Waals surface area contributed by atoms with Gasteiger partial charge in [-0.05, 0) is 42.7 Å². The maximum absolute atomic E-state index is 2.62. The van der Waals surface area contributed by atoms with E-state index in [1.807, 2.05) is 0 Å². The molecule has 2 heterocycles. The Morgan fingerprint density at radius 3 is 2.58 bits per heavy atom. The molecule has 0 aliphatic carbocycles. The van der Waals surface area contributed by atoms with E-state index in [9.17, 15) is 0 Å². The van der Waals surface area contributed by atoms with E-state index in [2.05, 4.69) is 90.2 Å². The molecule has 2 heteroatoms. The van der Waals surface area contributed by atoms with Gasteiger partial charge in [0.05, 0.1) is 6.04 Å². The number of fused-ring (bicyclic) bond motifs is 1.